The van der Waals surface area contributed by atoms with Crippen LogP contribution in [0.25, 0.3) is 0 Å². The minimum Gasteiger partial charge on any atom is -0.497 e. The number of nitrogens with zero attached hydrogens (tertiary/aromatic N) is 2. The van der Waals surface area contributed by atoms with Crippen molar-refractivity contribution >= 4 is 35.0 Å². The van der Waals surface area contributed by atoms with Crippen LogP contribution in [0, 0.1) is 0 Å². The fourth-order valence-electron chi connectivity index (χ4n) is 3.64. The van der Waals surface area contributed by atoms with E-state index in [1.165, 1.54) is 0 Å². The Morgan fingerprint density at radius 2 is 1.84 bits per heavy atom. The van der Waals surface area contributed by atoms with Crippen LogP contribution in [0.15, 0.2) is 42.5 Å². The first-order chi connectivity index (χ1) is 14.9. The van der Waals surface area contributed by atoms with E-state index in [2.05, 4.69) is 10.2 Å². The van der Waals surface area contributed by atoms with Gasteiger partial charge in [-0.25, -0.2) is 0 Å². The first-order valence-electron chi connectivity index (χ1n) is 10.2. The summed E-state index contributed by atoms with van der Waals surface area (Å²) in [6, 6.07) is 12.6. The Morgan fingerprint density at radius 3 is 2.52 bits per heavy atom. The van der Waals surface area contributed by atoms with Gasteiger partial charge in [0.2, 0.25) is 11.8 Å². The predicted molar refractivity (Wildman–Crippen MR) is 123 cm³/mol. The molecule has 3 rings (SSSR count). The Labute approximate surface area is 193 Å². The van der Waals surface area contributed by atoms with Crippen LogP contribution in [-0.2, 0) is 16.0 Å². The summed E-state index contributed by atoms with van der Waals surface area (Å²) in [5.74, 6) is 0.758. The van der Waals surface area contributed by atoms with Crippen LogP contribution < -0.4 is 10.1 Å². The molecule has 0 radical (unpaired) electrons. The molecule has 0 bridgehead atoms. The molecule has 1 unspecified atom stereocenters. The third kappa shape index (κ3) is 6.60. The van der Waals surface area contributed by atoms with Crippen molar-refractivity contribution in [1.29, 1.82) is 0 Å². The van der Waals surface area contributed by atoms with Gasteiger partial charge in [-0.2, -0.15) is 0 Å². The average Bonchev–Trinajstić information content (AvgIpc) is 2.74. The number of hydrogen-bond donors (Lipinski definition) is 1. The SMILES string of the molecule is COc1cccc(CC(=O)N2CCN(CC(=O)NC(C)c3ccc(Cl)cc3Cl)CC2)c1. The maximum absolute atomic E-state index is 12.6. The zero-order chi connectivity index (χ0) is 22.4. The molecule has 0 aromatic heterocycles. The Morgan fingerprint density at radius 1 is 1.10 bits per heavy atom. The summed E-state index contributed by atoms with van der Waals surface area (Å²) < 4.78 is 5.22. The standard InChI is InChI=1S/C23H27Cl2N3O3/c1-16(20-7-6-18(24)14-21(20)25)26-22(29)15-27-8-10-28(11-9-27)23(30)13-17-4-3-5-19(12-17)31-2/h3-7,12,14,16H,8-11,13,15H2,1-2H3,(H,26,29). The van der Waals surface area contributed by atoms with Crippen molar-refractivity contribution in [3.8, 4) is 5.75 Å². The van der Waals surface area contributed by atoms with E-state index in [0.717, 1.165) is 16.9 Å². The molecule has 8 heteroatoms. The molecule has 1 aliphatic rings. The molecule has 1 N–H and O–H groups in total. The summed E-state index contributed by atoms with van der Waals surface area (Å²) in [6.07, 6.45) is 0.344. The number of carbonyl (C=O) groups is 2. The molecule has 1 heterocycles. The van der Waals surface area contributed by atoms with Gasteiger partial charge in [-0.05, 0) is 42.3 Å². The Bertz CT molecular complexity index is 930. The second kappa shape index (κ2) is 10.8. The molecule has 0 spiro atoms. The zero-order valence-electron chi connectivity index (χ0n) is 17.7. The second-order valence-corrected chi connectivity index (χ2v) is 8.48. The predicted octanol–water partition coefficient (Wildman–Crippen LogP) is 3.57. The molecule has 1 saturated heterocycles. The smallest absolute Gasteiger partial charge is 0.234 e. The number of halogens is 2. The lowest BCUT2D eigenvalue weighted by Crippen LogP contribution is -2.51. The lowest BCUT2D eigenvalue weighted by atomic mass is 10.1. The number of nitrogens with one attached hydrogen (secondary N) is 1. The molecule has 0 saturated carbocycles. The molecule has 2 amide bonds. The van der Waals surface area contributed by atoms with Gasteiger partial charge < -0.3 is 15.0 Å². The van der Waals surface area contributed by atoms with Gasteiger partial charge in [0.05, 0.1) is 26.1 Å². The third-order valence-electron chi connectivity index (χ3n) is 5.39. The normalized spacial score (nSPS) is 15.4. The van der Waals surface area contributed by atoms with Crippen LogP contribution in [0.2, 0.25) is 10.0 Å². The molecule has 31 heavy (non-hydrogen) atoms. The van der Waals surface area contributed by atoms with E-state index in [1.54, 1.807) is 19.2 Å². The molecule has 166 valence electrons. The molecule has 1 fully saturated rings. The van der Waals surface area contributed by atoms with Crippen molar-refractivity contribution in [2.45, 2.75) is 19.4 Å². The fraction of sp³-hybridized carbons (Fsp3) is 0.391. The van der Waals surface area contributed by atoms with Crippen LogP contribution in [0.1, 0.15) is 24.1 Å². The number of rotatable bonds is 7. The highest BCUT2D eigenvalue weighted by atomic mass is 35.5. The number of piperazine rings is 1. The van der Waals surface area contributed by atoms with Gasteiger partial charge in [0.1, 0.15) is 5.75 Å². The fourth-order valence-corrected chi connectivity index (χ4v) is 4.22. The highest BCUT2D eigenvalue weighted by Gasteiger charge is 2.23. The van der Waals surface area contributed by atoms with Crippen LogP contribution in [0.3, 0.4) is 0 Å². The van der Waals surface area contributed by atoms with E-state index < -0.39 is 0 Å². The van der Waals surface area contributed by atoms with Gasteiger partial charge in [0, 0.05) is 36.2 Å². The van der Waals surface area contributed by atoms with Gasteiger partial charge in [-0.15, -0.1) is 0 Å². The Balaban J connectivity index is 1.44. The van der Waals surface area contributed by atoms with Crippen molar-refractivity contribution in [3.63, 3.8) is 0 Å². The zero-order valence-corrected chi connectivity index (χ0v) is 19.2. The van der Waals surface area contributed by atoms with E-state index in [4.69, 9.17) is 27.9 Å². The molecule has 0 aliphatic carbocycles. The number of ether oxygens (including phenoxy) is 1. The monoisotopic (exact) mass is 463 g/mol. The highest BCUT2D eigenvalue weighted by molar-refractivity contribution is 6.35. The van der Waals surface area contributed by atoms with E-state index in [-0.39, 0.29) is 24.4 Å². The van der Waals surface area contributed by atoms with Crippen molar-refractivity contribution < 1.29 is 14.3 Å². The maximum atomic E-state index is 12.6. The maximum Gasteiger partial charge on any atom is 0.234 e. The number of benzene rings is 2. The lowest BCUT2D eigenvalue weighted by molar-refractivity contribution is -0.132. The van der Waals surface area contributed by atoms with Gasteiger partial charge in [0.25, 0.3) is 0 Å². The number of amides is 2. The molecule has 1 aliphatic heterocycles. The van der Waals surface area contributed by atoms with E-state index >= 15 is 0 Å². The largest absolute Gasteiger partial charge is 0.497 e. The second-order valence-electron chi connectivity index (χ2n) is 7.64. The average molecular weight is 464 g/mol. The van der Waals surface area contributed by atoms with Crippen LogP contribution in [0.5, 0.6) is 5.75 Å². The number of carbonyl (C=O) groups excluding carboxylic acids is 2. The van der Waals surface area contributed by atoms with Crippen LogP contribution in [0.4, 0.5) is 0 Å². The van der Waals surface area contributed by atoms with Crippen LogP contribution >= 0.6 is 23.2 Å². The van der Waals surface area contributed by atoms with Crippen molar-refractivity contribution in [2.75, 3.05) is 39.8 Å². The molecular formula is C23H27Cl2N3O3. The summed E-state index contributed by atoms with van der Waals surface area (Å²) in [7, 11) is 1.61. The van der Waals surface area contributed by atoms with Gasteiger partial charge >= 0.3 is 0 Å². The molecule has 1 atom stereocenters. The van der Waals surface area contributed by atoms with Crippen molar-refractivity contribution in [3.05, 3.63) is 63.6 Å². The molecule has 2 aromatic carbocycles. The summed E-state index contributed by atoms with van der Waals surface area (Å²) in [5, 5.41) is 4.07. The highest BCUT2D eigenvalue weighted by Crippen LogP contribution is 2.26. The topological polar surface area (TPSA) is 61.9 Å². The third-order valence-corrected chi connectivity index (χ3v) is 5.95. The number of hydrogen-bond acceptors (Lipinski definition) is 4. The first kappa shape index (κ1) is 23.4. The minimum absolute atomic E-state index is 0.0744. The van der Waals surface area contributed by atoms with Crippen molar-refractivity contribution in [1.82, 2.24) is 15.1 Å². The van der Waals surface area contributed by atoms with E-state index in [0.29, 0.717) is 42.6 Å². The van der Waals surface area contributed by atoms with Gasteiger partial charge in [-0.3, -0.25) is 14.5 Å². The van der Waals surface area contributed by atoms with Gasteiger partial charge in [-0.1, -0.05) is 41.4 Å². The minimum atomic E-state index is -0.219. The molecule has 2 aromatic rings. The number of methoxy groups -OCH3 is 1. The first-order valence-corrected chi connectivity index (χ1v) is 11.0. The van der Waals surface area contributed by atoms with Crippen LogP contribution in [-0.4, -0.2) is 61.4 Å². The van der Waals surface area contributed by atoms with E-state index in [1.807, 2.05) is 42.2 Å². The summed E-state index contributed by atoms with van der Waals surface area (Å²) in [4.78, 5) is 29.0. The quantitative estimate of drug-likeness (QED) is 0.681. The summed E-state index contributed by atoms with van der Waals surface area (Å²) in [6.45, 7) is 4.71. The lowest BCUT2D eigenvalue weighted by Gasteiger charge is -2.34. The van der Waals surface area contributed by atoms with E-state index in [9.17, 15) is 9.59 Å². The summed E-state index contributed by atoms with van der Waals surface area (Å²) >= 11 is 12.2. The van der Waals surface area contributed by atoms with Gasteiger partial charge in [0.15, 0.2) is 0 Å². The van der Waals surface area contributed by atoms with Crippen molar-refractivity contribution in [2.24, 2.45) is 0 Å². The summed E-state index contributed by atoms with van der Waals surface area (Å²) in [5.41, 5.74) is 1.76. The Hall–Kier alpha value is -2.28. The molecular weight excluding hydrogens is 437 g/mol. The molecule has 6 nitrogen and oxygen atoms in total. The Kier molecular flexibility index (Phi) is 8.18.